The molecular formula is C23H27N5O5S. The van der Waals surface area contributed by atoms with Crippen molar-refractivity contribution in [2.75, 3.05) is 31.2 Å². The maximum absolute atomic E-state index is 12.9. The van der Waals surface area contributed by atoms with Gasteiger partial charge in [0.1, 0.15) is 23.5 Å². The van der Waals surface area contributed by atoms with E-state index in [2.05, 4.69) is 16.3 Å². The summed E-state index contributed by atoms with van der Waals surface area (Å²) in [5, 5.41) is 10.2. The molecule has 1 fully saturated rings. The van der Waals surface area contributed by atoms with Gasteiger partial charge in [0.05, 0.1) is 11.3 Å². The Morgan fingerprint density at radius 3 is 2.71 bits per heavy atom. The van der Waals surface area contributed by atoms with E-state index in [0.717, 1.165) is 18.0 Å². The predicted molar refractivity (Wildman–Crippen MR) is 128 cm³/mol. The molecule has 0 aromatic carbocycles. The number of carboxylic acid groups (broad SMARTS) is 1. The number of carbonyl (C=O) groups excluding carboxylic acids is 1. The number of hydrogen-bond donors (Lipinski definition) is 1. The van der Waals surface area contributed by atoms with Crippen molar-refractivity contribution in [3.63, 3.8) is 0 Å². The monoisotopic (exact) mass is 485 g/mol. The quantitative estimate of drug-likeness (QED) is 0.461. The molecule has 11 heteroatoms. The molecule has 0 aliphatic carbocycles. The molecule has 0 amide bonds. The molecule has 4 rings (SSSR count). The van der Waals surface area contributed by atoms with E-state index in [9.17, 15) is 19.5 Å². The van der Waals surface area contributed by atoms with Crippen molar-refractivity contribution in [3.05, 3.63) is 39.9 Å². The van der Waals surface area contributed by atoms with Gasteiger partial charge >= 0.3 is 5.97 Å². The molecule has 1 saturated heterocycles. The van der Waals surface area contributed by atoms with Crippen LogP contribution >= 0.6 is 11.5 Å². The number of Topliss-reactive ketones (excluding diaryl/α,β-unsaturated/α-hetero) is 1. The zero-order valence-electron chi connectivity index (χ0n) is 19.4. The Kier molecular flexibility index (Phi) is 7.03. The molecule has 3 aromatic rings. The van der Waals surface area contributed by atoms with Crippen LogP contribution in [0.2, 0.25) is 0 Å². The summed E-state index contributed by atoms with van der Waals surface area (Å²) >= 11 is 1.07. The molecule has 0 radical (unpaired) electrons. The number of hydrogen-bond acceptors (Lipinski definition) is 9. The predicted octanol–water partition coefficient (Wildman–Crippen LogP) is 2.70. The maximum atomic E-state index is 12.9. The van der Waals surface area contributed by atoms with E-state index < -0.39 is 11.4 Å². The van der Waals surface area contributed by atoms with E-state index in [1.54, 1.807) is 13.0 Å². The molecule has 4 heterocycles. The zero-order chi connectivity index (χ0) is 24.4. The summed E-state index contributed by atoms with van der Waals surface area (Å²) in [6.07, 6.45) is 4.01. The van der Waals surface area contributed by atoms with Crippen molar-refractivity contribution in [1.82, 2.24) is 18.9 Å². The maximum Gasteiger partial charge on any atom is 0.341 e. The lowest BCUT2D eigenvalue weighted by Crippen LogP contribution is -2.51. The van der Waals surface area contributed by atoms with E-state index in [4.69, 9.17) is 9.72 Å². The minimum absolute atomic E-state index is 0.0618. The minimum Gasteiger partial charge on any atom is -0.477 e. The van der Waals surface area contributed by atoms with Crippen molar-refractivity contribution in [1.29, 1.82) is 0 Å². The van der Waals surface area contributed by atoms with Crippen LogP contribution in [0, 0.1) is 18.8 Å². The van der Waals surface area contributed by atoms with Crippen LogP contribution in [0.25, 0.3) is 16.2 Å². The standard InChI is InChI=1S/C23H27N5O5S/c1-4-14(11-33-5-2)7-17(29)15-8-27(9-15)18-6-13(3)19-20(30)16(22(31)32)10-28(21(19)26-18)23-24-12-25-34-23/h6,10,12,14-15H,4-5,7-9,11H2,1-3H3,(H,31,32)/t14-/m0/s1. The third-order valence-electron chi connectivity index (χ3n) is 6.21. The fraction of sp³-hybridized carbons (Fsp3) is 0.478. The van der Waals surface area contributed by atoms with Gasteiger partial charge in [-0.25, -0.2) is 14.8 Å². The van der Waals surface area contributed by atoms with Crippen LogP contribution in [-0.4, -0.2) is 62.1 Å². The lowest BCUT2D eigenvalue weighted by Gasteiger charge is -2.40. The fourth-order valence-corrected chi connectivity index (χ4v) is 4.65. The number of pyridine rings is 2. The van der Waals surface area contributed by atoms with E-state index in [1.165, 1.54) is 17.1 Å². The Labute approximate surface area is 200 Å². The van der Waals surface area contributed by atoms with Crippen molar-refractivity contribution in [2.24, 2.45) is 11.8 Å². The Morgan fingerprint density at radius 2 is 2.09 bits per heavy atom. The van der Waals surface area contributed by atoms with Crippen LogP contribution < -0.4 is 10.3 Å². The van der Waals surface area contributed by atoms with Gasteiger partial charge in [-0.2, -0.15) is 4.37 Å². The first-order valence-corrected chi connectivity index (χ1v) is 12.0. The lowest BCUT2D eigenvalue weighted by molar-refractivity contribution is -0.125. The third-order valence-corrected chi connectivity index (χ3v) is 6.88. The van der Waals surface area contributed by atoms with Crippen molar-refractivity contribution >= 4 is 40.1 Å². The molecule has 1 N–H and O–H groups in total. The summed E-state index contributed by atoms with van der Waals surface area (Å²) < 4.78 is 11.0. The topological polar surface area (TPSA) is 128 Å². The Bertz CT molecular complexity index is 1270. The van der Waals surface area contributed by atoms with Crippen LogP contribution in [0.4, 0.5) is 5.82 Å². The first-order valence-electron chi connectivity index (χ1n) is 11.3. The third kappa shape index (κ3) is 4.58. The molecular weight excluding hydrogens is 458 g/mol. The van der Waals surface area contributed by atoms with Crippen LogP contribution in [-0.2, 0) is 9.53 Å². The molecule has 3 aromatic heterocycles. The number of aromatic carboxylic acids is 1. The molecule has 0 saturated carbocycles. The average Bonchev–Trinajstić information content (AvgIpc) is 3.30. The number of fused-ring (bicyclic) bond motifs is 1. The lowest BCUT2D eigenvalue weighted by atomic mass is 9.88. The molecule has 10 nitrogen and oxygen atoms in total. The van der Waals surface area contributed by atoms with E-state index in [-0.39, 0.29) is 28.6 Å². The van der Waals surface area contributed by atoms with Crippen molar-refractivity contribution in [2.45, 2.75) is 33.6 Å². The second-order valence-corrected chi connectivity index (χ2v) is 9.23. The van der Waals surface area contributed by atoms with Crippen LogP contribution in [0.1, 0.15) is 42.6 Å². The van der Waals surface area contributed by atoms with Gasteiger partial charge < -0.3 is 14.7 Å². The SMILES string of the molecule is CCOC[C@@H](CC)CC(=O)C1CN(c2cc(C)c3c(=O)c(C(=O)O)cn(-c4ncns4)c3n2)C1. The van der Waals surface area contributed by atoms with Gasteiger partial charge in [0.25, 0.3) is 0 Å². The summed E-state index contributed by atoms with van der Waals surface area (Å²) in [5.41, 5.74) is -0.00734. The number of ketones is 1. The van der Waals surface area contributed by atoms with E-state index in [1.807, 2.05) is 11.8 Å². The molecule has 0 unspecified atom stereocenters. The minimum atomic E-state index is -1.31. The highest BCUT2D eigenvalue weighted by Crippen LogP contribution is 2.29. The van der Waals surface area contributed by atoms with Gasteiger partial charge in [-0.3, -0.25) is 14.2 Å². The van der Waals surface area contributed by atoms with Crippen LogP contribution in [0.15, 0.2) is 23.4 Å². The molecule has 180 valence electrons. The van der Waals surface area contributed by atoms with Crippen molar-refractivity contribution in [3.8, 4) is 5.13 Å². The Morgan fingerprint density at radius 1 is 1.32 bits per heavy atom. The largest absolute Gasteiger partial charge is 0.477 e. The number of carbonyl (C=O) groups is 2. The molecule has 0 bridgehead atoms. The summed E-state index contributed by atoms with van der Waals surface area (Å²) in [5.74, 6) is -0.277. The first-order chi connectivity index (χ1) is 16.3. The highest BCUT2D eigenvalue weighted by molar-refractivity contribution is 7.08. The number of rotatable bonds is 10. The second kappa shape index (κ2) is 9.98. The first kappa shape index (κ1) is 24.0. The number of aryl methyl sites for hydroxylation is 1. The summed E-state index contributed by atoms with van der Waals surface area (Å²) in [4.78, 5) is 48.2. The number of ether oxygens (including phenoxy) is 1. The van der Waals surface area contributed by atoms with Crippen LogP contribution in [0.3, 0.4) is 0 Å². The Hall–Kier alpha value is -3.18. The fourth-order valence-electron chi connectivity index (χ4n) is 4.14. The van der Waals surface area contributed by atoms with Gasteiger partial charge in [0.2, 0.25) is 10.6 Å². The highest BCUT2D eigenvalue weighted by atomic mass is 32.1. The van der Waals surface area contributed by atoms with Gasteiger partial charge in [-0.05, 0) is 31.4 Å². The number of anilines is 1. The summed E-state index contributed by atoms with van der Waals surface area (Å²) in [6, 6.07) is 1.77. The summed E-state index contributed by atoms with van der Waals surface area (Å²) in [6.45, 7) is 8.12. The second-order valence-electron chi connectivity index (χ2n) is 8.47. The van der Waals surface area contributed by atoms with Gasteiger partial charge in [-0.15, -0.1) is 0 Å². The summed E-state index contributed by atoms with van der Waals surface area (Å²) in [7, 11) is 0. The normalized spacial score (nSPS) is 14.9. The smallest absolute Gasteiger partial charge is 0.341 e. The molecule has 34 heavy (non-hydrogen) atoms. The molecule has 0 spiro atoms. The Balaban J connectivity index is 1.62. The highest BCUT2D eigenvalue weighted by Gasteiger charge is 2.34. The van der Waals surface area contributed by atoms with E-state index >= 15 is 0 Å². The molecule has 1 aliphatic rings. The van der Waals surface area contributed by atoms with Crippen molar-refractivity contribution < 1.29 is 19.4 Å². The number of carboxylic acids is 1. The van der Waals surface area contributed by atoms with Gasteiger partial charge in [-0.1, -0.05) is 13.3 Å². The number of nitrogens with zero attached hydrogens (tertiary/aromatic N) is 5. The number of aromatic nitrogens is 4. The van der Waals surface area contributed by atoms with Gasteiger partial charge in [0.15, 0.2) is 5.65 Å². The zero-order valence-corrected chi connectivity index (χ0v) is 20.2. The molecule has 1 aliphatic heterocycles. The van der Waals surface area contributed by atoms with Crippen LogP contribution in [0.5, 0.6) is 0 Å². The van der Waals surface area contributed by atoms with E-state index in [0.29, 0.717) is 54.9 Å². The van der Waals surface area contributed by atoms with Gasteiger partial charge in [0, 0.05) is 50.5 Å². The average molecular weight is 486 g/mol. The molecule has 1 atom stereocenters.